The fourth-order valence-corrected chi connectivity index (χ4v) is 3.59. The van der Waals surface area contributed by atoms with Gasteiger partial charge in [0, 0.05) is 22.2 Å². The van der Waals surface area contributed by atoms with Gasteiger partial charge in [-0.05, 0) is 47.0 Å². The monoisotopic (exact) mass is 526 g/mol. The Morgan fingerprint density at radius 2 is 2.21 bits per heavy atom. The Hall–Kier alpha value is -0.410. The Bertz CT molecular complexity index is 661. The molecule has 1 aromatic rings. The molecule has 0 aromatic heterocycles. The first-order valence-electron chi connectivity index (χ1n) is 7.52. The van der Waals surface area contributed by atoms with Gasteiger partial charge in [-0.25, -0.2) is 4.79 Å². The quantitative estimate of drug-likeness (QED) is 0.156. The summed E-state index contributed by atoms with van der Waals surface area (Å²) in [7, 11) is 3.33. The highest BCUT2D eigenvalue weighted by molar-refractivity contribution is 14.2. The van der Waals surface area contributed by atoms with Gasteiger partial charge in [0.05, 0.1) is 13.7 Å². The van der Waals surface area contributed by atoms with Crippen molar-refractivity contribution in [3.63, 3.8) is 0 Å². The van der Waals surface area contributed by atoms with Gasteiger partial charge in [-0.15, -0.1) is 0 Å². The number of hydrogen-bond acceptors (Lipinski definition) is 5. The van der Waals surface area contributed by atoms with Crippen LogP contribution in [0.2, 0.25) is 0 Å². The molecule has 0 spiro atoms. The van der Waals surface area contributed by atoms with Crippen molar-refractivity contribution >= 4 is 52.0 Å². The van der Waals surface area contributed by atoms with E-state index in [-0.39, 0.29) is 12.6 Å². The maximum atomic E-state index is 12.2. The van der Waals surface area contributed by atoms with Crippen molar-refractivity contribution in [3.8, 4) is 11.5 Å². The highest BCUT2D eigenvalue weighted by Crippen LogP contribution is 2.42. The highest BCUT2D eigenvalue weighted by Gasteiger charge is 2.33. The molecule has 1 heterocycles. The van der Waals surface area contributed by atoms with Gasteiger partial charge in [0.15, 0.2) is 0 Å². The number of rotatable bonds is 8. The van der Waals surface area contributed by atoms with Crippen LogP contribution in [0.1, 0.15) is 34.0 Å². The number of carbonyl (C=O) groups is 1. The topological polar surface area (TPSA) is 44.8 Å². The summed E-state index contributed by atoms with van der Waals surface area (Å²) in [6.07, 6.45) is 2.77. The molecular formula is C17H20BrIO4S. The molecule has 2 rings (SSSR count). The number of methoxy groups -OCH3 is 1. The number of benzene rings is 1. The minimum absolute atomic E-state index is 0.282. The number of fused-ring (bicyclic) bond motifs is 1. The van der Waals surface area contributed by atoms with Crippen molar-refractivity contribution < 1.29 is 19.0 Å². The summed E-state index contributed by atoms with van der Waals surface area (Å²) in [6, 6.07) is 0. The van der Waals surface area contributed by atoms with Crippen LogP contribution in [0.3, 0.4) is 0 Å². The van der Waals surface area contributed by atoms with Gasteiger partial charge in [-0.2, -0.15) is 0 Å². The second-order valence-corrected chi connectivity index (χ2v) is 8.50. The molecule has 132 valence electrons. The van der Waals surface area contributed by atoms with Gasteiger partial charge in [0.1, 0.15) is 23.7 Å². The van der Waals surface area contributed by atoms with Crippen molar-refractivity contribution in [2.75, 3.05) is 24.8 Å². The summed E-state index contributed by atoms with van der Waals surface area (Å²) >= 11 is 5.69. The van der Waals surface area contributed by atoms with Crippen LogP contribution in [0.4, 0.5) is 0 Å². The molecule has 0 N–H and O–H groups in total. The third-order valence-electron chi connectivity index (χ3n) is 3.90. The average molecular weight is 527 g/mol. The third-order valence-corrected chi connectivity index (χ3v) is 6.43. The van der Waals surface area contributed by atoms with Crippen LogP contribution in [0, 0.1) is 6.92 Å². The van der Waals surface area contributed by atoms with E-state index in [0.29, 0.717) is 24.3 Å². The SMILES string of the molecule is COc1c(C)c2c(c(OCCSI)c1C/C=C(\C)CBr)C(=O)OC2. The van der Waals surface area contributed by atoms with E-state index in [2.05, 4.69) is 50.1 Å². The van der Waals surface area contributed by atoms with Crippen LogP contribution in [0.15, 0.2) is 11.6 Å². The lowest BCUT2D eigenvalue weighted by molar-refractivity contribution is 0.0532. The van der Waals surface area contributed by atoms with E-state index in [1.54, 1.807) is 16.0 Å². The van der Waals surface area contributed by atoms with Gasteiger partial charge < -0.3 is 14.2 Å². The second-order valence-electron chi connectivity index (χ2n) is 5.45. The van der Waals surface area contributed by atoms with Crippen molar-refractivity contribution in [3.05, 3.63) is 33.9 Å². The largest absolute Gasteiger partial charge is 0.496 e. The van der Waals surface area contributed by atoms with E-state index < -0.39 is 0 Å². The lowest BCUT2D eigenvalue weighted by atomic mass is 9.95. The van der Waals surface area contributed by atoms with Crippen LogP contribution in [0.25, 0.3) is 0 Å². The fraction of sp³-hybridized carbons (Fsp3) is 0.471. The summed E-state index contributed by atoms with van der Waals surface area (Å²) in [5, 5.41) is 0.808. The molecule has 1 aromatic carbocycles. The van der Waals surface area contributed by atoms with Crippen LogP contribution >= 0.6 is 46.1 Å². The van der Waals surface area contributed by atoms with Crippen LogP contribution in [-0.2, 0) is 17.8 Å². The molecule has 24 heavy (non-hydrogen) atoms. The molecule has 0 saturated carbocycles. The van der Waals surface area contributed by atoms with Gasteiger partial charge in [-0.3, -0.25) is 0 Å². The second kappa shape index (κ2) is 9.33. The molecule has 0 radical (unpaired) electrons. The number of allylic oxidation sites excluding steroid dienone is 2. The fourth-order valence-electron chi connectivity index (χ4n) is 2.68. The lowest BCUT2D eigenvalue weighted by Gasteiger charge is -2.19. The minimum Gasteiger partial charge on any atom is -0.496 e. The van der Waals surface area contributed by atoms with E-state index in [0.717, 1.165) is 33.5 Å². The number of ether oxygens (including phenoxy) is 3. The molecular weight excluding hydrogens is 507 g/mol. The molecule has 0 atom stereocenters. The highest BCUT2D eigenvalue weighted by atomic mass is 127. The number of hydrogen-bond donors (Lipinski definition) is 0. The number of carbonyl (C=O) groups excluding carboxylic acids is 1. The van der Waals surface area contributed by atoms with E-state index in [9.17, 15) is 4.79 Å². The molecule has 0 amide bonds. The maximum absolute atomic E-state index is 12.2. The zero-order valence-electron chi connectivity index (χ0n) is 13.9. The summed E-state index contributed by atoms with van der Waals surface area (Å²) in [4.78, 5) is 12.2. The molecule has 1 aliphatic rings. The smallest absolute Gasteiger partial charge is 0.342 e. The standard InChI is InChI=1S/C17H20BrIO4S/c1-10(8-18)4-5-12-15(21-3)11(2)13-9-23-17(20)14(13)16(12)22-6-7-24-19/h4H,5-9H2,1-3H3/b10-4+. The summed E-state index contributed by atoms with van der Waals surface area (Å²) in [6.45, 7) is 4.84. The molecule has 0 unspecified atom stereocenters. The molecule has 0 bridgehead atoms. The van der Waals surface area contributed by atoms with Gasteiger partial charge >= 0.3 is 5.97 Å². The summed E-state index contributed by atoms with van der Waals surface area (Å²) in [5.74, 6) is 1.92. The Balaban J connectivity index is 2.57. The first kappa shape index (κ1) is 19.9. The maximum Gasteiger partial charge on any atom is 0.342 e. The van der Waals surface area contributed by atoms with E-state index >= 15 is 0 Å². The molecule has 0 saturated heterocycles. The van der Waals surface area contributed by atoms with Crippen molar-refractivity contribution in [1.82, 2.24) is 0 Å². The molecule has 7 heteroatoms. The van der Waals surface area contributed by atoms with E-state index in [1.165, 1.54) is 5.57 Å². The van der Waals surface area contributed by atoms with Gasteiger partial charge in [0.2, 0.25) is 0 Å². The predicted molar refractivity (Wildman–Crippen MR) is 110 cm³/mol. The van der Waals surface area contributed by atoms with Crippen molar-refractivity contribution in [1.29, 1.82) is 0 Å². The predicted octanol–water partition coefficient (Wildman–Crippen LogP) is 5.02. The van der Waals surface area contributed by atoms with Gasteiger partial charge in [0.25, 0.3) is 0 Å². The van der Waals surface area contributed by atoms with Crippen LogP contribution < -0.4 is 9.47 Å². The number of esters is 1. The average Bonchev–Trinajstić information content (AvgIpc) is 2.97. The summed E-state index contributed by atoms with van der Waals surface area (Å²) in [5.41, 5.74) is 4.51. The zero-order valence-corrected chi connectivity index (χ0v) is 18.5. The molecule has 0 aliphatic carbocycles. The Kier molecular flexibility index (Phi) is 7.74. The first-order chi connectivity index (χ1) is 11.5. The van der Waals surface area contributed by atoms with Crippen LogP contribution in [0.5, 0.6) is 11.5 Å². The minimum atomic E-state index is -0.310. The Morgan fingerprint density at radius 3 is 2.83 bits per heavy atom. The molecule has 1 aliphatic heterocycles. The first-order valence-corrected chi connectivity index (χ1v) is 12.2. The van der Waals surface area contributed by atoms with Crippen molar-refractivity contribution in [2.45, 2.75) is 26.9 Å². The van der Waals surface area contributed by atoms with Crippen LogP contribution in [-0.4, -0.2) is 30.8 Å². The number of halogens is 2. The Labute approximate surface area is 167 Å². The third kappa shape index (κ3) is 4.22. The van der Waals surface area contributed by atoms with E-state index in [1.807, 2.05) is 6.92 Å². The zero-order chi connectivity index (χ0) is 17.7. The number of alkyl halides is 1. The van der Waals surface area contributed by atoms with Crippen molar-refractivity contribution in [2.24, 2.45) is 0 Å². The van der Waals surface area contributed by atoms with Gasteiger partial charge in [-0.1, -0.05) is 36.5 Å². The molecule has 0 fully saturated rings. The van der Waals surface area contributed by atoms with E-state index in [4.69, 9.17) is 14.2 Å². The molecule has 4 nitrogen and oxygen atoms in total. The Morgan fingerprint density at radius 1 is 1.46 bits per heavy atom. The summed E-state index contributed by atoms with van der Waals surface area (Å²) < 4.78 is 16.9. The number of cyclic esters (lactones) is 1. The lowest BCUT2D eigenvalue weighted by Crippen LogP contribution is -2.10. The normalized spacial score (nSPS) is 13.7.